The Kier molecular flexibility index (Phi) is 49.1. The first-order valence-electron chi connectivity index (χ1n) is 28.3. The van der Waals surface area contributed by atoms with E-state index in [4.69, 9.17) is 18.5 Å². The Morgan fingerprint density at radius 1 is 0.457 bits per heavy atom. The molecule has 0 fully saturated rings. The number of nitrogens with zero attached hydrogens (tertiary/aromatic N) is 1. The van der Waals surface area contributed by atoms with Crippen LogP contribution in [0.1, 0.15) is 232 Å². The van der Waals surface area contributed by atoms with Crippen LogP contribution in [0.15, 0.2) is 85.1 Å². The zero-order valence-corrected chi connectivity index (χ0v) is 46.6. The van der Waals surface area contributed by atoms with Gasteiger partial charge in [0.05, 0.1) is 27.7 Å². The van der Waals surface area contributed by atoms with Crippen molar-refractivity contribution in [2.45, 2.75) is 238 Å². The predicted octanol–water partition coefficient (Wildman–Crippen LogP) is 17.5. The number of hydrogen-bond donors (Lipinski definition) is 1. The van der Waals surface area contributed by atoms with Gasteiger partial charge in [0.1, 0.15) is 19.8 Å². The molecule has 404 valence electrons. The smallest absolute Gasteiger partial charge is 0.462 e. The topological polar surface area (TPSA) is 108 Å². The van der Waals surface area contributed by atoms with Gasteiger partial charge in [-0.15, -0.1) is 0 Å². The van der Waals surface area contributed by atoms with Gasteiger partial charge in [0.25, 0.3) is 0 Å². The van der Waals surface area contributed by atoms with Gasteiger partial charge in [0, 0.05) is 12.8 Å². The van der Waals surface area contributed by atoms with Crippen molar-refractivity contribution in [2.75, 3.05) is 47.5 Å². The van der Waals surface area contributed by atoms with Crippen molar-refractivity contribution in [3.63, 3.8) is 0 Å². The van der Waals surface area contributed by atoms with Gasteiger partial charge in [-0.1, -0.05) is 214 Å². The van der Waals surface area contributed by atoms with Crippen molar-refractivity contribution in [2.24, 2.45) is 0 Å². The SMILES string of the molecule is CC/C=C\C/C=C\C/C=C\C/C=C\C/C=C\C/C=C\CCCCC(=O)OC(COC(=O)CCCCCCCCCCCCCCC/C=C\CCCCCCCCCC)COP(=O)(O)OCC[N+](C)(C)C. The van der Waals surface area contributed by atoms with Crippen LogP contribution in [0.4, 0.5) is 0 Å². The third-order valence-corrected chi connectivity index (χ3v) is 12.9. The number of likely N-dealkylation sites (N-methyl/N-ethyl adjacent to an activating group) is 1. The molecular weight excluding hydrogens is 894 g/mol. The maximum atomic E-state index is 12.8. The molecule has 0 aromatic heterocycles. The molecule has 2 unspecified atom stereocenters. The number of ether oxygens (including phenoxy) is 2. The predicted molar refractivity (Wildman–Crippen MR) is 298 cm³/mol. The highest BCUT2D eigenvalue weighted by atomic mass is 31.2. The van der Waals surface area contributed by atoms with E-state index in [1.54, 1.807) is 0 Å². The number of allylic oxidation sites excluding steroid dienone is 14. The quantitative estimate of drug-likeness (QED) is 0.0211. The molecule has 0 aromatic carbocycles. The van der Waals surface area contributed by atoms with Gasteiger partial charge in [0.2, 0.25) is 0 Å². The summed E-state index contributed by atoms with van der Waals surface area (Å²) in [5.74, 6) is -0.849. The molecule has 9 nitrogen and oxygen atoms in total. The first-order valence-corrected chi connectivity index (χ1v) is 29.8. The number of phosphoric ester groups is 1. The minimum atomic E-state index is -4.40. The molecule has 2 atom stereocenters. The van der Waals surface area contributed by atoms with Gasteiger partial charge in [-0.3, -0.25) is 18.6 Å². The minimum absolute atomic E-state index is 0.0194. The molecule has 10 heteroatoms. The lowest BCUT2D eigenvalue weighted by molar-refractivity contribution is -0.870. The molecule has 0 bridgehead atoms. The fourth-order valence-electron chi connectivity index (χ4n) is 7.54. The third kappa shape index (κ3) is 54.5. The van der Waals surface area contributed by atoms with E-state index in [0.717, 1.165) is 70.6 Å². The van der Waals surface area contributed by atoms with E-state index < -0.39 is 26.5 Å². The monoisotopic (exact) mass is 1000 g/mol. The number of rotatable bonds is 51. The first kappa shape index (κ1) is 67.2. The summed E-state index contributed by atoms with van der Waals surface area (Å²) in [6, 6.07) is 0. The van der Waals surface area contributed by atoms with Gasteiger partial charge in [-0.05, 0) is 89.9 Å². The van der Waals surface area contributed by atoms with E-state index in [1.807, 2.05) is 21.1 Å². The minimum Gasteiger partial charge on any atom is -0.462 e. The maximum absolute atomic E-state index is 12.8. The Labute approximate surface area is 431 Å². The highest BCUT2D eigenvalue weighted by Gasteiger charge is 2.27. The molecule has 0 heterocycles. The molecule has 0 aromatic rings. The zero-order chi connectivity index (χ0) is 51.3. The molecule has 0 aliphatic heterocycles. The summed E-state index contributed by atoms with van der Waals surface area (Å²) in [5.41, 5.74) is 0. The molecule has 0 aliphatic carbocycles. The number of hydrogen-bond acceptors (Lipinski definition) is 7. The van der Waals surface area contributed by atoms with Crippen molar-refractivity contribution in [1.82, 2.24) is 0 Å². The summed E-state index contributed by atoms with van der Waals surface area (Å²) in [6.45, 7) is 4.27. The van der Waals surface area contributed by atoms with Crippen molar-refractivity contribution >= 4 is 19.8 Å². The average Bonchev–Trinajstić information content (AvgIpc) is 3.32. The molecular formula is C60H107NO8P+. The first-order chi connectivity index (χ1) is 34.0. The fraction of sp³-hybridized carbons (Fsp3) is 0.733. The van der Waals surface area contributed by atoms with Crippen LogP contribution in [0.3, 0.4) is 0 Å². The lowest BCUT2D eigenvalue weighted by Gasteiger charge is -2.24. The van der Waals surface area contributed by atoms with E-state index in [2.05, 4.69) is 98.9 Å². The Morgan fingerprint density at radius 3 is 1.26 bits per heavy atom. The molecule has 0 saturated carbocycles. The van der Waals surface area contributed by atoms with E-state index in [1.165, 1.54) is 128 Å². The molecule has 0 amide bonds. The van der Waals surface area contributed by atoms with Crippen LogP contribution in [0.5, 0.6) is 0 Å². The summed E-state index contributed by atoms with van der Waals surface area (Å²) in [5, 5.41) is 0. The highest BCUT2D eigenvalue weighted by Crippen LogP contribution is 2.43. The average molecular weight is 1000 g/mol. The second-order valence-electron chi connectivity index (χ2n) is 19.9. The second kappa shape index (κ2) is 51.1. The van der Waals surface area contributed by atoms with Crippen LogP contribution in [-0.2, 0) is 32.7 Å². The van der Waals surface area contributed by atoms with Crippen LogP contribution >= 0.6 is 7.82 Å². The lowest BCUT2D eigenvalue weighted by Crippen LogP contribution is -2.37. The fourth-order valence-corrected chi connectivity index (χ4v) is 8.28. The normalized spacial score (nSPS) is 14.0. The van der Waals surface area contributed by atoms with Gasteiger partial charge >= 0.3 is 19.8 Å². The standard InChI is InChI=1S/C60H106NO8P/c1-6-8-10-12-14-16-18-20-22-24-26-28-29-30-31-33-34-36-38-40-42-44-46-48-50-52-59(62)66-56-58(57-68-70(64,65)67-55-54-61(3,4)5)69-60(63)53-51-49-47-45-43-41-39-37-35-32-27-25-23-21-19-17-15-13-11-9-7-2/h9,11,15,17,21,23-24,26-27,32,37,39,43,45,58H,6-8,10,12-14,16,18-20,22,25,28-31,33-36,38,40-42,44,46-57H2,1-5H3/p+1/b11-9-,17-15-,23-21-,26-24-,32-27-,39-37-,45-43-. The largest absolute Gasteiger partial charge is 0.472 e. The summed E-state index contributed by atoms with van der Waals surface area (Å²) in [4.78, 5) is 35.6. The van der Waals surface area contributed by atoms with Crippen molar-refractivity contribution in [1.29, 1.82) is 0 Å². The van der Waals surface area contributed by atoms with E-state index in [9.17, 15) is 19.0 Å². The number of phosphoric acid groups is 1. The molecule has 0 radical (unpaired) electrons. The van der Waals surface area contributed by atoms with Crippen LogP contribution < -0.4 is 0 Å². The van der Waals surface area contributed by atoms with Gasteiger partial charge in [-0.2, -0.15) is 0 Å². The zero-order valence-electron chi connectivity index (χ0n) is 45.7. The molecule has 70 heavy (non-hydrogen) atoms. The summed E-state index contributed by atoms with van der Waals surface area (Å²) >= 11 is 0. The van der Waals surface area contributed by atoms with Crippen LogP contribution in [-0.4, -0.2) is 74.9 Å². The number of quaternary nitrogens is 1. The van der Waals surface area contributed by atoms with Crippen LogP contribution in [0.2, 0.25) is 0 Å². The Bertz CT molecular complexity index is 1460. The Balaban J connectivity index is 4.25. The summed E-state index contributed by atoms with van der Waals surface area (Å²) in [6.07, 6.45) is 68.0. The maximum Gasteiger partial charge on any atom is 0.472 e. The van der Waals surface area contributed by atoms with Crippen molar-refractivity contribution in [3.8, 4) is 0 Å². The number of esters is 2. The second-order valence-corrected chi connectivity index (χ2v) is 21.4. The Hall–Kier alpha value is -2.81. The number of carbonyl (C=O) groups is 2. The molecule has 0 rings (SSSR count). The van der Waals surface area contributed by atoms with Gasteiger partial charge in [-0.25, -0.2) is 4.57 Å². The lowest BCUT2D eigenvalue weighted by atomic mass is 10.0. The number of carbonyl (C=O) groups excluding carboxylic acids is 2. The van der Waals surface area contributed by atoms with E-state index in [-0.39, 0.29) is 32.0 Å². The van der Waals surface area contributed by atoms with Crippen LogP contribution in [0, 0.1) is 0 Å². The molecule has 0 spiro atoms. The summed E-state index contributed by atoms with van der Waals surface area (Å²) < 4.78 is 34.5. The highest BCUT2D eigenvalue weighted by molar-refractivity contribution is 7.47. The van der Waals surface area contributed by atoms with Gasteiger partial charge < -0.3 is 18.9 Å². The van der Waals surface area contributed by atoms with E-state index >= 15 is 0 Å². The number of unbranched alkanes of at least 4 members (excludes halogenated alkanes) is 23. The van der Waals surface area contributed by atoms with Crippen molar-refractivity contribution < 1.29 is 42.1 Å². The van der Waals surface area contributed by atoms with Gasteiger partial charge in [0.15, 0.2) is 6.10 Å². The third-order valence-electron chi connectivity index (χ3n) is 11.9. The van der Waals surface area contributed by atoms with Crippen molar-refractivity contribution in [3.05, 3.63) is 85.1 Å². The molecule has 1 N–H and O–H groups in total. The van der Waals surface area contributed by atoms with Crippen LogP contribution in [0.25, 0.3) is 0 Å². The summed E-state index contributed by atoms with van der Waals surface area (Å²) in [7, 11) is 1.44. The molecule has 0 aliphatic rings. The van der Waals surface area contributed by atoms with E-state index in [0.29, 0.717) is 17.4 Å². The molecule has 0 saturated heterocycles. The Morgan fingerprint density at radius 2 is 0.814 bits per heavy atom.